The first-order valence-electron chi connectivity index (χ1n) is 5.80. The molecule has 0 aromatic heterocycles. The molecule has 0 saturated carbocycles. The summed E-state index contributed by atoms with van der Waals surface area (Å²) in [6, 6.07) is 3.16. The minimum absolute atomic E-state index is 0.0147. The van der Waals surface area contributed by atoms with Gasteiger partial charge in [-0.1, -0.05) is 0 Å². The van der Waals surface area contributed by atoms with Gasteiger partial charge in [0.1, 0.15) is 6.61 Å². The van der Waals surface area contributed by atoms with Crippen molar-refractivity contribution in [2.24, 2.45) is 0 Å². The number of carbonyl (C=O) groups excluding carboxylic acids is 1. The van der Waals surface area contributed by atoms with E-state index in [1.807, 2.05) is 0 Å². The molecule has 112 valence electrons. The lowest BCUT2D eigenvalue weighted by Gasteiger charge is -2.11. The van der Waals surface area contributed by atoms with Gasteiger partial charge >= 0.3 is 0 Å². The van der Waals surface area contributed by atoms with E-state index in [0.29, 0.717) is 21.5 Å². The number of hydrogen-bond donors (Lipinski definition) is 0. The van der Waals surface area contributed by atoms with Gasteiger partial charge in [0.25, 0.3) is 6.43 Å². The van der Waals surface area contributed by atoms with Gasteiger partial charge in [0.15, 0.2) is 17.3 Å². The van der Waals surface area contributed by atoms with E-state index in [-0.39, 0.29) is 18.8 Å². The molecule has 0 spiro atoms. The monoisotopic (exact) mass is 352 g/mol. The van der Waals surface area contributed by atoms with Crippen molar-refractivity contribution in [1.82, 2.24) is 0 Å². The van der Waals surface area contributed by atoms with Crippen LogP contribution in [0.3, 0.4) is 0 Å². The molecule has 0 saturated heterocycles. The third-order valence-electron chi connectivity index (χ3n) is 2.49. The lowest BCUT2D eigenvalue weighted by molar-refractivity contribution is 0.0169. The molecule has 20 heavy (non-hydrogen) atoms. The van der Waals surface area contributed by atoms with Crippen LogP contribution in [0.2, 0.25) is 0 Å². The van der Waals surface area contributed by atoms with Crippen LogP contribution in [0.1, 0.15) is 16.8 Å². The Labute approximate surface area is 124 Å². The van der Waals surface area contributed by atoms with Gasteiger partial charge in [-0.15, -0.1) is 0 Å². The highest BCUT2D eigenvalue weighted by Crippen LogP contribution is 2.33. The van der Waals surface area contributed by atoms with Gasteiger partial charge in [-0.25, -0.2) is 8.78 Å². The van der Waals surface area contributed by atoms with Crippen molar-refractivity contribution in [3.05, 3.63) is 22.2 Å². The molecule has 0 aliphatic rings. The summed E-state index contributed by atoms with van der Waals surface area (Å²) in [6.45, 7) is -0.718. The molecule has 0 amide bonds. The molecule has 0 bridgehead atoms. The predicted octanol–water partition coefficient (Wildman–Crippen LogP) is 3.32. The van der Waals surface area contributed by atoms with E-state index < -0.39 is 13.0 Å². The molecule has 0 aliphatic carbocycles. The van der Waals surface area contributed by atoms with Crippen LogP contribution in [0.5, 0.6) is 11.5 Å². The minimum atomic E-state index is -2.53. The minimum Gasteiger partial charge on any atom is -0.493 e. The van der Waals surface area contributed by atoms with Crippen molar-refractivity contribution in [3.63, 3.8) is 0 Å². The van der Waals surface area contributed by atoms with Crippen LogP contribution < -0.4 is 9.47 Å². The fourth-order valence-electron chi connectivity index (χ4n) is 1.54. The number of methoxy groups -OCH3 is 2. The van der Waals surface area contributed by atoms with Crippen LogP contribution >= 0.6 is 15.9 Å². The molecule has 0 atom stereocenters. The van der Waals surface area contributed by atoms with Crippen LogP contribution in [0.4, 0.5) is 8.78 Å². The Hall–Kier alpha value is -1.21. The summed E-state index contributed by atoms with van der Waals surface area (Å²) in [5.41, 5.74) is 0.392. The maximum atomic E-state index is 12.0. The maximum absolute atomic E-state index is 12.0. The number of alkyl halides is 2. The molecule has 0 aliphatic heterocycles. The lowest BCUT2D eigenvalue weighted by Crippen LogP contribution is -2.10. The molecular weight excluding hydrogens is 338 g/mol. The average molecular weight is 353 g/mol. The molecule has 1 aromatic rings. The first kappa shape index (κ1) is 16.8. The van der Waals surface area contributed by atoms with E-state index in [1.165, 1.54) is 14.2 Å². The Morgan fingerprint density at radius 1 is 1.25 bits per heavy atom. The van der Waals surface area contributed by atoms with Crippen molar-refractivity contribution in [2.45, 2.75) is 12.8 Å². The molecule has 4 nitrogen and oxygen atoms in total. The zero-order chi connectivity index (χ0) is 15.1. The third kappa shape index (κ3) is 4.72. The van der Waals surface area contributed by atoms with Gasteiger partial charge in [-0.2, -0.15) is 0 Å². The fraction of sp³-hybridized carbons (Fsp3) is 0.462. The second kappa shape index (κ2) is 8.16. The Morgan fingerprint density at radius 3 is 2.40 bits per heavy atom. The zero-order valence-corrected chi connectivity index (χ0v) is 12.7. The van der Waals surface area contributed by atoms with Crippen molar-refractivity contribution in [1.29, 1.82) is 0 Å². The summed E-state index contributed by atoms with van der Waals surface area (Å²) < 4.78 is 39.2. The molecule has 1 rings (SSSR count). The lowest BCUT2D eigenvalue weighted by atomic mass is 10.1. The highest BCUT2D eigenvalue weighted by Gasteiger charge is 2.15. The standard InChI is InChI=1S/C13H15BrF2O4/c1-18-11-5-8(9(14)6-12(11)19-2)10(17)3-4-20-7-13(15)16/h5-6,13H,3-4,7H2,1-2H3. The van der Waals surface area contributed by atoms with Crippen LogP contribution in [-0.2, 0) is 4.74 Å². The summed E-state index contributed by atoms with van der Waals surface area (Å²) in [4.78, 5) is 12.0. The average Bonchev–Trinajstić information content (AvgIpc) is 2.42. The summed E-state index contributed by atoms with van der Waals surface area (Å²) >= 11 is 3.27. The number of ketones is 1. The Bertz CT molecular complexity index is 466. The first-order valence-corrected chi connectivity index (χ1v) is 6.59. The summed E-state index contributed by atoms with van der Waals surface area (Å²) in [5, 5.41) is 0. The highest BCUT2D eigenvalue weighted by molar-refractivity contribution is 9.10. The number of hydrogen-bond acceptors (Lipinski definition) is 4. The van der Waals surface area contributed by atoms with Crippen molar-refractivity contribution < 1.29 is 27.8 Å². The Kier molecular flexibility index (Phi) is 6.87. The predicted molar refractivity (Wildman–Crippen MR) is 73.0 cm³/mol. The van der Waals surface area contributed by atoms with E-state index in [4.69, 9.17) is 9.47 Å². The molecular formula is C13H15BrF2O4. The van der Waals surface area contributed by atoms with Gasteiger partial charge in [0, 0.05) is 16.5 Å². The smallest absolute Gasteiger partial charge is 0.261 e. The van der Waals surface area contributed by atoms with Gasteiger partial charge in [0.2, 0.25) is 0 Å². The molecule has 0 heterocycles. The number of halogens is 3. The molecule has 0 N–H and O–H groups in total. The second-order valence-electron chi connectivity index (χ2n) is 3.83. The van der Waals surface area contributed by atoms with Gasteiger partial charge in [-0.3, -0.25) is 4.79 Å². The van der Waals surface area contributed by atoms with Crippen LogP contribution in [0, 0.1) is 0 Å². The molecule has 0 fully saturated rings. The number of Topliss-reactive ketones (excluding diaryl/α,β-unsaturated/α-hetero) is 1. The summed E-state index contributed by atoms with van der Waals surface area (Å²) in [5.74, 6) is 0.685. The van der Waals surface area contributed by atoms with E-state index in [1.54, 1.807) is 12.1 Å². The van der Waals surface area contributed by atoms with Gasteiger partial charge < -0.3 is 14.2 Å². The molecule has 7 heteroatoms. The van der Waals surface area contributed by atoms with E-state index in [9.17, 15) is 13.6 Å². The molecule has 1 aromatic carbocycles. The molecule has 0 radical (unpaired) electrons. The Morgan fingerprint density at radius 2 is 1.85 bits per heavy atom. The van der Waals surface area contributed by atoms with Gasteiger partial charge in [0.05, 0.1) is 20.8 Å². The number of ether oxygens (including phenoxy) is 3. The number of benzene rings is 1. The van der Waals surface area contributed by atoms with Crippen LogP contribution in [0.15, 0.2) is 16.6 Å². The largest absolute Gasteiger partial charge is 0.493 e. The van der Waals surface area contributed by atoms with E-state index in [0.717, 1.165) is 0 Å². The second-order valence-corrected chi connectivity index (χ2v) is 4.68. The highest BCUT2D eigenvalue weighted by atomic mass is 79.9. The van der Waals surface area contributed by atoms with E-state index >= 15 is 0 Å². The van der Waals surface area contributed by atoms with E-state index in [2.05, 4.69) is 20.7 Å². The Balaban J connectivity index is 2.72. The topological polar surface area (TPSA) is 44.8 Å². The normalized spacial score (nSPS) is 10.7. The van der Waals surface area contributed by atoms with Crippen LogP contribution in [0.25, 0.3) is 0 Å². The van der Waals surface area contributed by atoms with Crippen molar-refractivity contribution >= 4 is 21.7 Å². The van der Waals surface area contributed by atoms with Crippen molar-refractivity contribution in [2.75, 3.05) is 27.4 Å². The van der Waals surface area contributed by atoms with Gasteiger partial charge in [-0.05, 0) is 28.1 Å². The fourth-order valence-corrected chi connectivity index (χ4v) is 2.08. The first-order chi connectivity index (χ1) is 9.49. The maximum Gasteiger partial charge on any atom is 0.261 e. The summed E-state index contributed by atoms with van der Waals surface area (Å²) in [6.07, 6.45) is -2.52. The number of carbonyl (C=O) groups is 1. The third-order valence-corrected chi connectivity index (χ3v) is 3.15. The van der Waals surface area contributed by atoms with Crippen LogP contribution in [-0.4, -0.2) is 39.6 Å². The zero-order valence-electron chi connectivity index (χ0n) is 11.1. The SMILES string of the molecule is COc1cc(Br)c(C(=O)CCOCC(F)F)cc1OC. The number of rotatable bonds is 8. The van der Waals surface area contributed by atoms with Crippen molar-refractivity contribution in [3.8, 4) is 11.5 Å². The molecule has 0 unspecified atom stereocenters. The summed E-state index contributed by atoms with van der Waals surface area (Å²) in [7, 11) is 2.95. The quantitative estimate of drug-likeness (QED) is 0.531.